The Labute approximate surface area is 97.0 Å². The summed E-state index contributed by atoms with van der Waals surface area (Å²) in [5.41, 5.74) is 0. The minimum atomic E-state index is 0.202. The Kier molecular flexibility index (Phi) is 3.47. The second-order valence-electron chi connectivity index (χ2n) is 4.90. The van der Waals surface area contributed by atoms with Gasteiger partial charge in [-0.15, -0.1) is 0 Å². The van der Waals surface area contributed by atoms with E-state index in [9.17, 15) is 4.79 Å². The predicted molar refractivity (Wildman–Crippen MR) is 63.5 cm³/mol. The monoisotopic (exact) mass is 220 g/mol. The maximum Gasteiger partial charge on any atom is 0.201 e. The van der Waals surface area contributed by atoms with Gasteiger partial charge in [0, 0.05) is 5.92 Å². The molecule has 0 N–H and O–H groups in total. The molecule has 0 radical (unpaired) electrons. The van der Waals surface area contributed by atoms with Crippen LogP contribution in [-0.4, -0.2) is 5.78 Å². The number of carbonyl (C=O) groups is 1. The molecular weight excluding hydrogens is 200 g/mol. The zero-order valence-corrected chi connectivity index (χ0v) is 10.2. The van der Waals surface area contributed by atoms with Crippen molar-refractivity contribution in [2.24, 2.45) is 11.8 Å². The molecule has 1 aliphatic carbocycles. The van der Waals surface area contributed by atoms with Crippen LogP contribution in [0.4, 0.5) is 0 Å². The molecule has 1 heterocycles. The molecule has 0 spiro atoms. The Morgan fingerprint density at radius 1 is 1.31 bits per heavy atom. The molecular formula is C14H20O2. The summed E-state index contributed by atoms with van der Waals surface area (Å²) in [6, 6.07) is 3.68. The fourth-order valence-electron chi connectivity index (χ4n) is 2.60. The molecule has 0 saturated heterocycles. The molecule has 0 amide bonds. The average Bonchev–Trinajstić information content (AvgIpc) is 2.75. The first kappa shape index (κ1) is 11.4. The van der Waals surface area contributed by atoms with Crippen LogP contribution >= 0.6 is 0 Å². The highest BCUT2D eigenvalue weighted by Crippen LogP contribution is 2.32. The highest BCUT2D eigenvalue weighted by molar-refractivity contribution is 5.95. The van der Waals surface area contributed by atoms with Crippen molar-refractivity contribution in [2.75, 3.05) is 0 Å². The van der Waals surface area contributed by atoms with Crippen molar-refractivity contribution in [2.45, 2.75) is 46.0 Å². The van der Waals surface area contributed by atoms with E-state index in [0.717, 1.165) is 24.5 Å². The second kappa shape index (κ2) is 4.86. The van der Waals surface area contributed by atoms with Gasteiger partial charge in [-0.1, -0.05) is 13.3 Å². The highest BCUT2D eigenvalue weighted by atomic mass is 16.3. The molecule has 0 atom stereocenters. The quantitative estimate of drug-likeness (QED) is 0.721. The van der Waals surface area contributed by atoms with E-state index < -0.39 is 0 Å². The van der Waals surface area contributed by atoms with Gasteiger partial charge < -0.3 is 4.42 Å². The summed E-state index contributed by atoms with van der Waals surface area (Å²) >= 11 is 0. The molecule has 1 aliphatic rings. The van der Waals surface area contributed by atoms with Crippen molar-refractivity contribution < 1.29 is 9.21 Å². The van der Waals surface area contributed by atoms with Gasteiger partial charge in [0.2, 0.25) is 5.78 Å². The number of Topliss-reactive ketones (excluding diaryl/α,β-unsaturated/α-hetero) is 1. The number of furan rings is 1. The van der Waals surface area contributed by atoms with Gasteiger partial charge in [-0.05, 0) is 50.7 Å². The third kappa shape index (κ3) is 2.37. The van der Waals surface area contributed by atoms with Crippen molar-refractivity contribution in [3.63, 3.8) is 0 Å². The summed E-state index contributed by atoms with van der Waals surface area (Å²) in [7, 11) is 0. The van der Waals surface area contributed by atoms with Gasteiger partial charge >= 0.3 is 0 Å². The molecule has 2 heteroatoms. The van der Waals surface area contributed by atoms with Crippen LogP contribution in [0.25, 0.3) is 0 Å². The van der Waals surface area contributed by atoms with Crippen molar-refractivity contribution in [3.8, 4) is 0 Å². The maximum atomic E-state index is 12.1. The number of ketones is 1. The Morgan fingerprint density at radius 2 is 2.00 bits per heavy atom. The first-order valence-electron chi connectivity index (χ1n) is 6.31. The molecule has 1 aromatic heterocycles. The highest BCUT2D eigenvalue weighted by Gasteiger charge is 2.27. The third-order valence-corrected chi connectivity index (χ3v) is 3.78. The fourth-order valence-corrected chi connectivity index (χ4v) is 2.60. The second-order valence-corrected chi connectivity index (χ2v) is 4.90. The van der Waals surface area contributed by atoms with Crippen LogP contribution in [0.3, 0.4) is 0 Å². The predicted octanol–water partition coefficient (Wildman–Crippen LogP) is 3.99. The molecule has 0 bridgehead atoms. The normalized spacial score (nSPS) is 25.6. The Balaban J connectivity index is 1.96. The van der Waals surface area contributed by atoms with E-state index in [1.54, 1.807) is 0 Å². The van der Waals surface area contributed by atoms with E-state index in [-0.39, 0.29) is 11.7 Å². The van der Waals surface area contributed by atoms with E-state index in [2.05, 4.69) is 6.92 Å². The van der Waals surface area contributed by atoms with Gasteiger partial charge in [0.1, 0.15) is 5.76 Å². The van der Waals surface area contributed by atoms with Gasteiger partial charge in [0.25, 0.3) is 0 Å². The Morgan fingerprint density at radius 3 is 2.50 bits per heavy atom. The Bertz CT molecular complexity index is 357. The summed E-state index contributed by atoms with van der Waals surface area (Å²) in [5.74, 6) is 2.63. The lowest BCUT2D eigenvalue weighted by atomic mass is 9.78. The topological polar surface area (TPSA) is 30.2 Å². The van der Waals surface area contributed by atoms with Crippen LogP contribution in [0.1, 0.15) is 55.3 Å². The number of aryl methyl sites for hydroxylation is 1. The minimum Gasteiger partial charge on any atom is -0.458 e. The lowest BCUT2D eigenvalue weighted by Crippen LogP contribution is -2.21. The zero-order valence-electron chi connectivity index (χ0n) is 10.2. The van der Waals surface area contributed by atoms with Gasteiger partial charge in [-0.2, -0.15) is 0 Å². The maximum absolute atomic E-state index is 12.1. The number of rotatable bonds is 3. The molecule has 1 saturated carbocycles. The molecule has 0 unspecified atom stereocenters. The molecule has 1 fully saturated rings. The van der Waals surface area contributed by atoms with Crippen molar-refractivity contribution in [3.05, 3.63) is 23.7 Å². The van der Waals surface area contributed by atoms with Gasteiger partial charge in [0.15, 0.2) is 5.76 Å². The molecule has 2 rings (SSSR count). The molecule has 1 aromatic rings. The molecule has 16 heavy (non-hydrogen) atoms. The molecule has 2 nitrogen and oxygen atoms in total. The largest absolute Gasteiger partial charge is 0.458 e. The lowest BCUT2D eigenvalue weighted by Gasteiger charge is -2.26. The van der Waals surface area contributed by atoms with E-state index >= 15 is 0 Å². The molecule has 0 aliphatic heterocycles. The smallest absolute Gasteiger partial charge is 0.201 e. The van der Waals surface area contributed by atoms with Crippen LogP contribution in [0, 0.1) is 18.8 Å². The first-order chi connectivity index (χ1) is 7.70. The van der Waals surface area contributed by atoms with E-state index in [1.807, 2.05) is 19.1 Å². The van der Waals surface area contributed by atoms with Crippen LogP contribution in [0.2, 0.25) is 0 Å². The van der Waals surface area contributed by atoms with Crippen molar-refractivity contribution >= 4 is 5.78 Å². The number of hydrogen-bond donors (Lipinski definition) is 0. The third-order valence-electron chi connectivity index (χ3n) is 3.78. The van der Waals surface area contributed by atoms with Crippen LogP contribution < -0.4 is 0 Å². The van der Waals surface area contributed by atoms with Gasteiger partial charge in [-0.3, -0.25) is 4.79 Å². The van der Waals surface area contributed by atoms with Gasteiger partial charge in [-0.25, -0.2) is 0 Å². The summed E-state index contributed by atoms with van der Waals surface area (Å²) in [6.07, 6.45) is 5.73. The summed E-state index contributed by atoms with van der Waals surface area (Å²) < 4.78 is 5.40. The van der Waals surface area contributed by atoms with Crippen LogP contribution in [0.15, 0.2) is 16.5 Å². The summed E-state index contributed by atoms with van der Waals surface area (Å²) in [6.45, 7) is 4.12. The average molecular weight is 220 g/mol. The van der Waals surface area contributed by atoms with Crippen molar-refractivity contribution in [1.82, 2.24) is 0 Å². The fraction of sp³-hybridized carbons (Fsp3) is 0.643. The number of carbonyl (C=O) groups excluding carboxylic acids is 1. The minimum absolute atomic E-state index is 0.202. The van der Waals surface area contributed by atoms with E-state index in [0.29, 0.717) is 5.76 Å². The zero-order chi connectivity index (χ0) is 11.5. The van der Waals surface area contributed by atoms with Gasteiger partial charge in [0.05, 0.1) is 0 Å². The SMILES string of the molecule is CCC1CCC(C(=O)c2ccc(C)o2)CC1. The molecule has 88 valence electrons. The van der Waals surface area contributed by atoms with Crippen LogP contribution in [0.5, 0.6) is 0 Å². The summed E-state index contributed by atoms with van der Waals surface area (Å²) in [5, 5.41) is 0. The van der Waals surface area contributed by atoms with E-state index in [4.69, 9.17) is 4.42 Å². The lowest BCUT2D eigenvalue weighted by molar-refractivity contribution is 0.0841. The Hall–Kier alpha value is -1.05. The molecule has 0 aromatic carbocycles. The van der Waals surface area contributed by atoms with Crippen molar-refractivity contribution in [1.29, 1.82) is 0 Å². The number of hydrogen-bond acceptors (Lipinski definition) is 2. The van der Waals surface area contributed by atoms with E-state index in [1.165, 1.54) is 19.3 Å². The standard InChI is InChI=1S/C14H20O2/c1-3-11-5-7-12(8-6-11)14(15)13-9-4-10(2)16-13/h4,9,11-12H,3,5-8H2,1-2H3. The summed E-state index contributed by atoms with van der Waals surface area (Å²) in [4.78, 5) is 12.1. The van der Waals surface area contributed by atoms with Crippen LogP contribution in [-0.2, 0) is 0 Å². The first-order valence-corrected chi connectivity index (χ1v) is 6.31.